The van der Waals surface area contributed by atoms with Crippen molar-refractivity contribution in [2.24, 2.45) is 0 Å². The molecule has 1 aromatic heterocycles. The molecule has 1 amide bonds. The number of hydrogen-bond donors (Lipinski definition) is 1. The number of oxazole rings is 1. The number of rotatable bonds is 5. The first-order valence-corrected chi connectivity index (χ1v) is 9.64. The van der Waals surface area contributed by atoms with Crippen molar-refractivity contribution in [2.45, 2.75) is 38.3 Å². The van der Waals surface area contributed by atoms with Gasteiger partial charge in [0.05, 0.1) is 0 Å². The average molecular weight is 384 g/mol. The number of benzene rings is 2. The number of nitrogens with zero attached hydrogens (tertiary/aromatic N) is 2. The summed E-state index contributed by atoms with van der Waals surface area (Å²) in [5.41, 5.74) is 3.02. The molecule has 1 aliphatic carbocycles. The number of carbonyl (C=O) groups is 1. The van der Waals surface area contributed by atoms with Crippen molar-refractivity contribution in [3.63, 3.8) is 0 Å². The molecule has 1 saturated carbocycles. The average Bonchev–Trinajstić information content (AvgIpc) is 3.34. The van der Waals surface area contributed by atoms with E-state index in [2.05, 4.69) is 10.3 Å². The second-order valence-corrected chi connectivity index (χ2v) is 7.48. The minimum Gasteiger partial charge on any atom is -0.424 e. The summed E-state index contributed by atoms with van der Waals surface area (Å²) in [6, 6.07) is 13.8. The van der Waals surface area contributed by atoms with Crippen LogP contribution in [0.3, 0.4) is 0 Å². The molecule has 1 heterocycles. The lowest BCUT2D eigenvalue weighted by atomic mass is 10.1. The molecule has 5 nitrogen and oxygen atoms in total. The first-order valence-electron chi connectivity index (χ1n) is 9.26. The lowest BCUT2D eigenvalue weighted by molar-refractivity contribution is 0.0735. The molecule has 1 fully saturated rings. The molecule has 0 saturated heterocycles. The Bertz CT molecular complexity index is 963. The second-order valence-electron chi connectivity index (χ2n) is 7.04. The standard InChI is InChI=1S/C21H22ClN3O2/c1-25(17-7-2-3-8-17)20(26)15-9-10-19-18(12-15)24-21(27-19)23-13-14-5-4-6-16(22)11-14/h4-6,9-12,17H,2-3,7-8,13H2,1H3,(H,23,24). The first kappa shape index (κ1) is 17.9. The fraction of sp³-hybridized carbons (Fsp3) is 0.333. The van der Waals surface area contributed by atoms with Gasteiger partial charge in [0.15, 0.2) is 5.58 Å². The highest BCUT2D eigenvalue weighted by Gasteiger charge is 2.24. The summed E-state index contributed by atoms with van der Waals surface area (Å²) >= 11 is 6.01. The van der Waals surface area contributed by atoms with Crippen LogP contribution in [0.1, 0.15) is 41.6 Å². The number of amides is 1. The van der Waals surface area contributed by atoms with Gasteiger partial charge in [0.1, 0.15) is 5.52 Å². The highest BCUT2D eigenvalue weighted by molar-refractivity contribution is 6.30. The number of nitrogens with one attached hydrogen (secondary N) is 1. The minimum absolute atomic E-state index is 0.0419. The molecule has 0 unspecified atom stereocenters. The SMILES string of the molecule is CN(C(=O)c1ccc2oc(NCc3cccc(Cl)c3)nc2c1)C1CCCC1. The normalized spacial score (nSPS) is 14.6. The van der Waals surface area contributed by atoms with E-state index in [1.54, 1.807) is 6.07 Å². The molecule has 0 bridgehead atoms. The van der Waals surface area contributed by atoms with E-state index in [1.165, 1.54) is 12.8 Å². The fourth-order valence-electron chi connectivity index (χ4n) is 3.62. The van der Waals surface area contributed by atoms with Gasteiger partial charge in [-0.2, -0.15) is 4.98 Å². The second kappa shape index (κ2) is 7.61. The lowest BCUT2D eigenvalue weighted by Crippen LogP contribution is -2.35. The molecule has 2 aromatic carbocycles. The van der Waals surface area contributed by atoms with E-state index >= 15 is 0 Å². The van der Waals surface area contributed by atoms with Gasteiger partial charge in [-0.1, -0.05) is 36.6 Å². The molecule has 3 aromatic rings. The summed E-state index contributed by atoms with van der Waals surface area (Å²) in [6.07, 6.45) is 4.58. The van der Waals surface area contributed by atoms with E-state index in [0.717, 1.165) is 18.4 Å². The molecule has 27 heavy (non-hydrogen) atoms. The molecule has 4 rings (SSSR count). The third kappa shape index (κ3) is 3.93. The van der Waals surface area contributed by atoms with Gasteiger partial charge in [0, 0.05) is 30.2 Å². The predicted molar refractivity (Wildman–Crippen MR) is 107 cm³/mol. The molecule has 0 atom stereocenters. The topological polar surface area (TPSA) is 58.4 Å². The monoisotopic (exact) mass is 383 g/mol. The molecule has 0 aliphatic heterocycles. The Morgan fingerprint density at radius 2 is 2.07 bits per heavy atom. The van der Waals surface area contributed by atoms with Gasteiger partial charge in [-0.05, 0) is 48.7 Å². The van der Waals surface area contributed by atoms with Gasteiger partial charge >= 0.3 is 0 Å². The van der Waals surface area contributed by atoms with E-state index in [-0.39, 0.29) is 5.91 Å². The highest BCUT2D eigenvalue weighted by atomic mass is 35.5. The maximum Gasteiger partial charge on any atom is 0.295 e. The van der Waals surface area contributed by atoms with Crippen LogP contribution >= 0.6 is 11.6 Å². The quantitative estimate of drug-likeness (QED) is 0.665. The summed E-state index contributed by atoms with van der Waals surface area (Å²) in [5, 5.41) is 3.86. The summed E-state index contributed by atoms with van der Waals surface area (Å²) in [6.45, 7) is 0.559. The van der Waals surface area contributed by atoms with Crippen molar-refractivity contribution in [1.29, 1.82) is 0 Å². The van der Waals surface area contributed by atoms with Crippen molar-refractivity contribution < 1.29 is 9.21 Å². The lowest BCUT2D eigenvalue weighted by Gasteiger charge is -2.24. The molecular weight excluding hydrogens is 362 g/mol. The van der Waals surface area contributed by atoms with Gasteiger partial charge in [-0.15, -0.1) is 0 Å². The van der Waals surface area contributed by atoms with Gasteiger partial charge in [-0.3, -0.25) is 4.79 Å². The maximum atomic E-state index is 12.8. The van der Waals surface area contributed by atoms with Crippen LogP contribution in [0.2, 0.25) is 5.02 Å². The number of aromatic nitrogens is 1. The van der Waals surface area contributed by atoms with Crippen LogP contribution in [-0.2, 0) is 6.54 Å². The van der Waals surface area contributed by atoms with Crippen molar-refractivity contribution in [1.82, 2.24) is 9.88 Å². The maximum absolute atomic E-state index is 12.8. The van der Waals surface area contributed by atoms with Crippen LogP contribution in [0.5, 0.6) is 0 Å². The van der Waals surface area contributed by atoms with Gasteiger partial charge < -0.3 is 14.6 Å². The molecule has 0 radical (unpaired) electrons. The number of anilines is 1. The Hall–Kier alpha value is -2.53. The summed E-state index contributed by atoms with van der Waals surface area (Å²) < 4.78 is 5.73. The predicted octanol–water partition coefficient (Wildman–Crippen LogP) is 5.11. The third-order valence-corrected chi connectivity index (χ3v) is 5.40. The molecule has 140 valence electrons. The van der Waals surface area contributed by atoms with Crippen LogP contribution in [0, 0.1) is 0 Å². The van der Waals surface area contributed by atoms with E-state index in [0.29, 0.717) is 40.3 Å². The van der Waals surface area contributed by atoms with Crippen molar-refractivity contribution >= 4 is 34.6 Å². The van der Waals surface area contributed by atoms with E-state index in [4.69, 9.17) is 16.0 Å². The number of carbonyl (C=O) groups excluding carboxylic acids is 1. The number of fused-ring (bicyclic) bond motifs is 1. The first-order chi connectivity index (χ1) is 13.1. The molecule has 0 spiro atoms. The van der Waals surface area contributed by atoms with Crippen molar-refractivity contribution in [3.8, 4) is 0 Å². The molecule has 6 heteroatoms. The third-order valence-electron chi connectivity index (χ3n) is 5.16. The van der Waals surface area contributed by atoms with Crippen LogP contribution < -0.4 is 5.32 Å². The molecular formula is C21H22ClN3O2. The van der Waals surface area contributed by atoms with Crippen LogP contribution in [0.4, 0.5) is 6.01 Å². The van der Waals surface area contributed by atoms with E-state index in [9.17, 15) is 4.79 Å². The largest absolute Gasteiger partial charge is 0.424 e. The summed E-state index contributed by atoms with van der Waals surface area (Å²) in [4.78, 5) is 19.1. The fourth-order valence-corrected chi connectivity index (χ4v) is 3.83. The molecule has 1 aliphatic rings. The van der Waals surface area contributed by atoms with E-state index < -0.39 is 0 Å². The van der Waals surface area contributed by atoms with Crippen LogP contribution in [-0.4, -0.2) is 28.9 Å². The van der Waals surface area contributed by atoms with E-state index in [1.807, 2.05) is 48.3 Å². The van der Waals surface area contributed by atoms with Crippen molar-refractivity contribution in [3.05, 3.63) is 58.6 Å². The zero-order valence-corrected chi connectivity index (χ0v) is 16.0. The van der Waals surface area contributed by atoms with Crippen molar-refractivity contribution in [2.75, 3.05) is 12.4 Å². The zero-order valence-electron chi connectivity index (χ0n) is 15.2. The Morgan fingerprint density at radius 1 is 1.26 bits per heavy atom. The number of halogens is 1. The molecule has 1 N–H and O–H groups in total. The van der Waals surface area contributed by atoms with Gasteiger partial charge in [-0.25, -0.2) is 0 Å². The smallest absolute Gasteiger partial charge is 0.295 e. The Kier molecular flexibility index (Phi) is 5.03. The minimum atomic E-state index is 0.0419. The van der Waals surface area contributed by atoms with Crippen LogP contribution in [0.25, 0.3) is 11.1 Å². The van der Waals surface area contributed by atoms with Gasteiger partial charge in [0.2, 0.25) is 0 Å². The van der Waals surface area contributed by atoms with Gasteiger partial charge in [0.25, 0.3) is 11.9 Å². The summed E-state index contributed by atoms with van der Waals surface area (Å²) in [7, 11) is 1.89. The number of hydrogen-bond acceptors (Lipinski definition) is 4. The Balaban J connectivity index is 1.48. The Morgan fingerprint density at radius 3 is 2.85 bits per heavy atom. The zero-order chi connectivity index (χ0) is 18.8. The highest BCUT2D eigenvalue weighted by Crippen LogP contribution is 2.25. The van der Waals surface area contributed by atoms with Crippen LogP contribution in [0.15, 0.2) is 46.9 Å². The Labute approximate surface area is 163 Å². The summed E-state index contributed by atoms with van der Waals surface area (Å²) in [5.74, 6) is 0.0419.